The fourth-order valence-electron chi connectivity index (χ4n) is 1.34. The van der Waals surface area contributed by atoms with E-state index in [1.807, 2.05) is 38.1 Å². The molecule has 1 atom stereocenters. The van der Waals surface area contributed by atoms with Gasteiger partial charge >= 0.3 is 0 Å². The zero-order valence-electron chi connectivity index (χ0n) is 9.10. The normalized spacial score (nSPS) is 11.9. The van der Waals surface area contributed by atoms with Gasteiger partial charge in [-0.25, -0.2) is 5.84 Å². The quantitative estimate of drug-likeness (QED) is 0.329. The van der Waals surface area contributed by atoms with Gasteiger partial charge in [-0.3, -0.25) is 9.80 Å². The Balaban J connectivity index is 2.47. The highest BCUT2D eigenvalue weighted by Crippen LogP contribution is 2.09. The fourth-order valence-corrected chi connectivity index (χ4v) is 1.34. The van der Waals surface area contributed by atoms with Gasteiger partial charge in [0.25, 0.3) is 0 Å². The standard InChI is InChI=1S/C11H17N3O/c1-9-3-5-11(6-4-9)13-10(2)7-14(12)8-15/h3-6,8,10,13H,7,12H2,1-2H3. The summed E-state index contributed by atoms with van der Waals surface area (Å²) in [6.45, 7) is 4.50. The zero-order chi connectivity index (χ0) is 11.3. The molecular formula is C11H17N3O. The highest BCUT2D eigenvalue weighted by molar-refractivity contribution is 5.47. The van der Waals surface area contributed by atoms with Crippen LogP contribution in [0.4, 0.5) is 5.69 Å². The van der Waals surface area contributed by atoms with Crippen molar-refractivity contribution in [3.63, 3.8) is 0 Å². The van der Waals surface area contributed by atoms with Crippen LogP contribution in [0.3, 0.4) is 0 Å². The van der Waals surface area contributed by atoms with E-state index in [9.17, 15) is 4.79 Å². The minimum Gasteiger partial charge on any atom is -0.381 e. The monoisotopic (exact) mass is 207 g/mol. The number of hydrogen-bond acceptors (Lipinski definition) is 3. The Labute approximate surface area is 90.0 Å². The summed E-state index contributed by atoms with van der Waals surface area (Å²) in [5, 5.41) is 4.38. The summed E-state index contributed by atoms with van der Waals surface area (Å²) in [4.78, 5) is 10.3. The Morgan fingerprint density at radius 1 is 1.47 bits per heavy atom. The molecule has 0 radical (unpaired) electrons. The van der Waals surface area contributed by atoms with Gasteiger partial charge in [0.05, 0.1) is 6.54 Å². The lowest BCUT2D eigenvalue weighted by Crippen LogP contribution is -2.38. The number of hydrazine groups is 1. The van der Waals surface area contributed by atoms with E-state index in [-0.39, 0.29) is 6.04 Å². The van der Waals surface area contributed by atoms with Crippen molar-refractivity contribution in [3.05, 3.63) is 29.8 Å². The van der Waals surface area contributed by atoms with Gasteiger partial charge in [-0.1, -0.05) is 17.7 Å². The van der Waals surface area contributed by atoms with E-state index in [1.165, 1.54) is 5.56 Å². The molecule has 82 valence electrons. The highest BCUT2D eigenvalue weighted by atomic mass is 16.1. The maximum absolute atomic E-state index is 10.3. The Bertz CT molecular complexity index is 310. The first-order chi connectivity index (χ1) is 7.11. The first kappa shape index (κ1) is 11.5. The Hall–Kier alpha value is -1.55. The fraction of sp³-hybridized carbons (Fsp3) is 0.364. The summed E-state index contributed by atoms with van der Waals surface area (Å²) in [5.74, 6) is 5.38. The van der Waals surface area contributed by atoms with Crippen LogP contribution in [0.5, 0.6) is 0 Å². The molecule has 3 N–H and O–H groups in total. The van der Waals surface area contributed by atoms with Crippen LogP contribution in [0.2, 0.25) is 0 Å². The number of benzene rings is 1. The number of hydrogen-bond donors (Lipinski definition) is 2. The van der Waals surface area contributed by atoms with E-state index in [4.69, 9.17) is 5.84 Å². The number of nitrogens with two attached hydrogens (primary N) is 1. The lowest BCUT2D eigenvalue weighted by molar-refractivity contribution is -0.118. The average molecular weight is 207 g/mol. The molecule has 1 amide bonds. The van der Waals surface area contributed by atoms with Gasteiger partial charge in [0.1, 0.15) is 0 Å². The number of aryl methyl sites for hydroxylation is 1. The summed E-state index contributed by atoms with van der Waals surface area (Å²) in [6.07, 6.45) is 0.618. The number of nitrogens with one attached hydrogen (secondary N) is 1. The number of nitrogens with zero attached hydrogens (tertiary/aromatic N) is 1. The van der Waals surface area contributed by atoms with Gasteiger partial charge in [0.2, 0.25) is 6.41 Å². The zero-order valence-corrected chi connectivity index (χ0v) is 9.10. The molecule has 15 heavy (non-hydrogen) atoms. The van der Waals surface area contributed by atoms with Gasteiger partial charge in [-0.15, -0.1) is 0 Å². The molecule has 1 unspecified atom stereocenters. The van der Waals surface area contributed by atoms with E-state index >= 15 is 0 Å². The molecule has 4 nitrogen and oxygen atoms in total. The molecule has 0 saturated heterocycles. The molecule has 0 spiro atoms. The van der Waals surface area contributed by atoms with E-state index in [0.717, 1.165) is 10.7 Å². The molecule has 0 bridgehead atoms. The van der Waals surface area contributed by atoms with Crippen molar-refractivity contribution < 1.29 is 4.79 Å². The molecule has 1 rings (SSSR count). The van der Waals surface area contributed by atoms with Crippen molar-refractivity contribution in [1.82, 2.24) is 5.01 Å². The van der Waals surface area contributed by atoms with E-state index in [2.05, 4.69) is 5.32 Å². The maximum Gasteiger partial charge on any atom is 0.223 e. The maximum atomic E-state index is 10.3. The van der Waals surface area contributed by atoms with E-state index in [0.29, 0.717) is 13.0 Å². The first-order valence-corrected chi connectivity index (χ1v) is 4.91. The van der Waals surface area contributed by atoms with Gasteiger partial charge in [0, 0.05) is 11.7 Å². The summed E-state index contributed by atoms with van der Waals surface area (Å²) < 4.78 is 0. The number of rotatable bonds is 5. The number of carbonyl (C=O) groups is 1. The smallest absolute Gasteiger partial charge is 0.223 e. The predicted molar refractivity (Wildman–Crippen MR) is 61.2 cm³/mol. The van der Waals surface area contributed by atoms with Crippen LogP contribution in [0, 0.1) is 6.92 Å². The minimum atomic E-state index is 0.128. The Morgan fingerprint density at radius 2 is 2.07 bits per heavy atom. The van der Waals surface area contributed by atoms with Crippen molar-refractivity contribution in [1.29, 1.82) is 0 Å². The molecule has 0 heterocycles. The van der Waals surface area contributed by atoms with E-state index < -0.39 is 0 Å². The van der Waals surface area contributed by atoms with Gasteiger partial charge in [-0.05, 0) is 26.0 Å². The van der Waals surface area contributed by atoms with Gasteiger partial charge < -0.3 is 5.32 Å². The van der Waals surface area contributed by atoms with Crippen molar-refractivity contribution in [2.75, 3.05) is 11.9 Å². The van der Waals surface area contributed by atoms with Gasteiger partial charge in [-0.2, -0.15) is 0 Å². The molecular weight excluding hydrogens is 190 g/mol. The van der Waals surface area contributed by atoms with Crippen LogP contribution >= 0.6 is 0 Å². The van der Waals surface area contributed by atoms with Crippen LogP contribution in [0.25, 0.3) is 0 Å². The van der Waals surface area contributed by atoms with Crippen molar-refractivity contribution >= 4 is 12.1 Å². The minimum absolute atomic E-state index is 0.128. The Kier molecular flexibility index (Phi) is 4.12. The number of anilines is 1. The molecule has 0 fully saturated rings. The third-order valence-corrected chi connectivity index (χ3v) is 2.08. The molecule has 0 aliphatic rings. The highest BCUT2D eigenvalue weighted by Gasteiger charge is 2.04. The summed E-state index contributed by atoms with van der Waals surface area (Å²) in [5.41, 5.74) is 2.26. The SMILES string of the molecule is Cc1ccc(NC(C)CN(N)C=O)cc1. The largest absolute Gasteiger partial charge is 0.381 e. The molecule has 0 aliphatic heterocycles. The molecule has 0 aliphatic carbocycles. The molecule has 0 aromatic heterocycles. The number of amides is 1. The van der Waals surface area contributed by atoms with Crippen molar-refractivity contribution in [3.8, 4) is 0 Å². The topological polar surface area (TPSA) is 58.4 Å². The lowest BCUT2D eigenvalue weighted by Gasteiger charge is -2.19. The average Bonchev–Trinajstić information content (AvgIpc) is 2.21. The summed E-state index contributed by atoms with van der Waals surface area (Å²) in [6, 6.07) is 8.22. The van der Waals surface area contributed by atoms with Crippen LogP contribution in [0.15, 0.2) is 24.3 Å². The first-order valence-electron chi connectivity index (χ1n) is 4.91. The van der Waals surface area contributed by atoms with Crippen LogP contribution in [-0.2, 0) is 4.79 Å². The predicted octanol–water partition coefficient (Wildman–Crippen LogP) is 1.13. The van der Waals surface area contributed by atoms with Crippen molar-refractivity contribution in [2.45, 2.75) is 19.9 Å². The summed E-state index contributed by atoms with van der Waals surface area (Å²) >= 11 is 0. The third kappa shape index (κ3) is 3.99. The van der Waals surface area contributed by atoms with Crippen LogP contribution in [-0.4, -0.2) is 24.0 Å². The van der Waals surface area contributed by atoms with E-state index in [1.54, 1.807) is 0 Å². The Morgan fingerprint density at radius 3 is 2.60 bits per heavy atom. The second-order valence-corrected chi connectivity index (χ2v) is 3.71. The summed E-state index contributed by atoms with van der Waals surface area (Å²) in [7, 11) is 0. The van der Waals surface area contributed by atoms with Crippen LogP contribution < -0.4 is 11.2 Å². The molecule has 1 aromatic rings. The van der Waals surface area contributed by atoms with Gasteiger partial charge in [0.15, 0.2) is 0 Å². The lowest BCUT2D eigenvalue weighted by atomic mass is 10.2. The van der Waals surface area contributed by atoms with Crippen LogP contribution in [0.1, 0.15) is 12.5 Å². The molecule has 0 saturated carbocycles. The molecule has 1 aromatic carbocycles. The second-order valence-electron chi connectivity index (χ2n) is 3.71. The van der Waals surface area contributed by atoms with Crippen molar-refractivity contribution in [2.24, 2.45) is 5.84 Å². The number of carbonyl (C=O) groups excluding carboxylic acids is 1. The molecule has 4 heteroatoms. The third-order valence-electron chi connectivity index (χ3n) is 2.08. The second kappa shape index (κ2) is 5.36.